The molecule has 3 heteroatoms. The Morgan fingerprint density at radius 2 is 1.85 bits per heavy atom. The number of carbonyl (C=O) groups excluding carboxylic acids is 1. The van der Waals surface area contributed by atoms with Crippen LogP contribution >= 0.6 is 0 Å². The van der Waals surface area contributed by atoms with E-state index in [0.29, 0.717) is 17.7 Å². The average molecular weight is 355 g/mol. The first kappa shape index (κ1) is 18.0. The van der Waals surface area contributed by atoms with Crippen LogP contribution in [0.5, 0.6) is 0 Å². The molecule has 142 valence electrons. The largest absolute Gasteiger partial charge is 0.342 e. The van der Waals surface area contributed by atoms with Crippen LogP contribution in [0, 0.1) is 11.8 Å². The Labute approximate surface area is 158 Å². The highest BCUT2D eigenvalue weighted by atomic mass is 16.2. The fourth-order valence-corrected chi connectivity index (χ4v) is 5.48. The van der Waals surface area contributed by atoms with E-state index in [1.54, 1.807) is 0 Å². The summed E-state index contributed by atoms with van der Waals surface area (Å²) in [5, 5.41) is 0. The molecule has 3 aliphatic rings. The number of amides is 1. The lowest BCUT2D eigenvalue weighted by Gasteiger charge is -2.21. The van der Waals surface area contributed by atoms with Crippen molar-refractivity contribution in [2.45, 2.75) is 57.8 Å². The van der Waals surface area contributed by atoms with Gasteiger partial charge in [0.05, 0.1) is 0 Å². The van der Waals surface area contributed by atoms with E-state index in [0.717, 1.165) is 31.8 Å². The summed E-state index contributed by atoms with van der Waals surface area (Å²) in [6, 6.07) is 9.47. The van der Waals surface area contributed by atoms with Gasteiger partial charge >= 0.3 is 0 Å². The summed E-state index contributed by atoms with van der Waals surface area (Å²) in [6.07, 6.45) is 8.21. The third-order valence-electron chi connectivity index (χ3n) is 7.00. The summed E-state index contributed by atoms with van der Waals surface area (Å²) in [4.78, 5) is 17.0. The molecule has 0 radical (unpaired) electrons. The maximum atomic E-state index is 12.3. The van der Waals surface area contributed by atoms with Crippen molar-refractivity contribution in [1.82, 2.24) is 9.80 Å². The molecule has 1 aliphatic carbocycles. The molecule has 0 spiro atoms. The molecule has 2 heterocycles. The summed E-state index contributed by atoms with van der Waals surface area (Å²) >= 11 is 0. The molecule has 3 fully saturated rings. The Morgan fingerprint density at radius 1 is 1.08 bits per heavy atom. The van der Waals surface area contributed by atoms with E-state index >= 15 is 0 Å². The van der Waals surface area contributed by atoms with Crippen molar-refractivity contribution >= 4 is 5.91 Å². The van der Waals surface area contributed by atoms with Crippen LogP contribution in [0.4, 0.5) is 0 Å². The van der Waals surface area contributed by atoms with E-state index in [-0.39, 0.29) is 0 Å². The molecule has 2 aliphatic heterocycles. The molecule has 3 nitrogen and oxygen atoms in total. The van der Waals surface area contributed by atoms with E-state index in [9.17, 15) is 4.79 Å². The maximum absolute atomic E-state index is 12.3. The lowest BCUT2D eigenvalue weighted by atomic mass is 9.86. The molecule has 1 aromatic carbocycles. The summed E-state index contributed by atoms with van der Waals surface area (Å²) < 4.78 is 0. The van der Waals surface area contributed by atoms with Gasteiger partial charge in [0, 0.05) is 26.1 Å². The zero-order valence-electron chi connectivity index (χ0n) is 16.3. The van der Waals surface area contributed by atoms with Gasteiger partial charge in [-0.3, -0.25) is 4.79 Å². The van der Waals surface area contributed by atoms with Crippen molar-refractivity contribution in [3.05, 3.63) is 35.4 Å². The highest BCUT2D eigenvalue weighted by molar-refractivity contribution is 5.76. The van der Waals surface area contributed by atoms with Crippen LogP contribution in [-0.4, -0.2) is 48.4 Å². The minimum Gasteiger partial charge on any atom is -0.342 e. The second kappa shape index (κ2) is 8.12. The number of likely N-dealkylation sites (tertiary alicyclic amines) is 2. The molecular weight excluding hydrogens is 320 g/mol. The Morgan fingerprint density at radius 3 is 2.58 bits per heavy atom. The van der Waals surface area contributed by atoms with E-state index in [1.165, 1.54) is 62.9 Å². The number of nitrogens with zero attached hydrogens (tertiary/aromatic N) is 2. The SMILES string of the molecule is CCCC(=O)N1CC2CCC(c3ccc(CCN4CCCC4)cc3)C2C1. The average Bonchev–Trinajstić information content (AvgIpc) is 3.37. The van der Waals surface area contributed by atoms with Crippen molar-refractivity contribution in [2.24, 2.45) is 11.8 Å². The highest BCUT2D eigenvalue weighted by Crippen LogP contribution is 2.47. The van der Waals surface area contributed by atoms with Gasteiger partial charge < -0.3 is 9.80 Å². The molecule has 1 amide bonds. The molecule has 1 aromatic rings. The van der Waals surface area contributed by atoms with Gasteiger partial charge in [-0.1, -0.05) is 31.2 Å². The second-order valence-corrected chi connectivity index (χ2v) is 8.70. The molecule has 0 aromatic heterocycles. The number of benzene rings is 1. The minimum absolute atomic E-state index is 0.373. The van der Waals surface area contributed by atoms with Crippen molar-refractivity contribution < 1.29 is 4.79 Å². The molecular formula is C23H34N2O. The Kier molecular flexibility index (Phi) is 5.63. The normalized spacial score (nSPS) is 28.7. The topological polar surface area (TPSA) is 23.6 Å². The predicted octanol–water partition coefficient (Wildman–Crippen LogP) is 4.08. The fourth-order valence-electron chi connectivity index (χ4n) is 5.48. The zero-order valence-corrected chi connectivity index (χ0v) is 16.3. The van der Waals surface area contributed by atoms with E-state index in [4.69, 9.17) is 0 Å². The first-order valence-electron chi connectivity index (χ1n) is 10.8. The van der Waals surface area contributed by atoms with E-state index in [1.807, 2.05) is 0 Å². The van der Waals surface area contributed by atoms with Crippen LogP contribution in [0.1, 0.15) is 62.5 Å². The fraction of sp³-hybridized carbons (Fsp3) is 0.696. The van der Waals surface area contributed by atoms with Gasteiger partial charge in [0.2, 0.25) is 5.91 Å². The number of hydrogen-bond acceptors (Lipinski definition) is 2. The lowest BCUT2D eigenvalue weighted by Crippen LogP contribution is -2.29. The minimum atomic E-state index is 0.373. The van der Waals surface area contributed by atoms with E-state index in [2.05, 4.69) is 41.0 Å². The van der Waals surface area contributed by atoms with E-state index < -0.39 is 0 Å². The smallest absolute Gasteiger partial charge is 0.222 e. The van der Waals surface area contributed by atoms with Gasteiger partial charge in [-0.2, -0.15) is 0 Å². The molecule has 1 saturated carbocycles. The van der Waals surface area contributed by atoms with Gasteiger partial charge in [-0.25, -0.2) is 0 Å². The van der Waals surface area contributed by atoms with Gasteiger partial charge in [0.1, 0.15) is 0 Å². The van der Waals surface area contributed by atoms with Crippen LogP contribution in [0.25, 0.3) is 0 Å². The van der Waals surface area contributed by atoms with Crippen molar-refractivity contribution in [1.29, 1.82) is 0 Å². The van der Waals surface area contributed by atoms with Gasteiger partial charge in [-0.05, 0) is 80.5 Å². The molecule has 0 N–H and O–H groups in total. The quantitative estimate of drug-likeness (QED) is 0.768. The monoisotopic (exact) mass is 354 g/mol. The first-order valence-corrected chi connectivity index (χ1v) is 10.8. The van der Waals surface area contributed by atoms with Crippen molar-refractivity contribution in [3.8, 4) is 0 Å². The Balaban J connectivity index is 1.34. The summed E-state index contributed by atoms with van der Waals surface area (Å²) in [5.74, 6) is 2.45. The molecule has 4 rings (SSSR count). The lowest BCUT2D eigenvalue weighted by molar-refractivity contribution is -0.130. The molecule has 0 bridgehead atoms. The summed E-state index contributed by atoms with van der Waals surface area (Å²) in [5.41, 5.74) is 2.98. The first-order chi connectivity index (χ1) is 12.7. The Bertz CT molecular complexity index is 605. The third-order valence-corrected chi connectivity index (χ3v) is 7.00. The molecule has 3 atom stereocenters. The van der Waals surface area contributed by atoms with Gasteiger partial charge in [-0.15, -0.1) is 0 Å². The third kappa shape index (κ3) is 3.83. The summed E-state index contributed by atoms with van der Waals surface area (Å²) in [7, 11) is 0. The molecule has 26 heavy (non-hydrogen) atoms. The van der Waals surface area contributed by atoms with Crippen LogP contribution < -0.4 is 0 Å². The van der Waals surface area contributed by atoms with Crippen LogP contribution in [0.15, 0.2) is 24.3 Å². The predicted molar refractivity (Wildman–Crippen MR) is 106 cm³/mol. The van der Waals surface area contributed by atoms with Gasteiger partial charge in [0.25, 0.3) is 0 Å². The highest BCUT2D eigenvalue weighted by Gasteiger charge is 2.44. The number of hydrogen-bond donors (Lipinski definition) is 0. The van der Waals surface area contributed by atoms with Gasteiger partial charge in [0.15, 0.2) is 0 Å². The van der Waals surface area contributed by atoms with Crippen LogP contribution in [0.2, 0.25) is 0 Å². The second-order valence-electron chi connectivity index (χ2n) is 8.70. The Hall–Kier alpha value is -1.35. The number of fused-ring (bicyclic) bond motifs is 1. The van der Waals surface area contributed by atoms with Crippen LogP contribution in [-0.2, 0) is 11.2 Å². The van der Waals surface area contributed by atoms with Crippen LogP contribution in [0.3, 0.4) is 0 Å². The maximum Gasteiger partial charge on any atom is 0.222 e. The number of rotatable bonds is 6. The number of carbonyl (C=O) groups is 1. The zero-order chi connectivity index (χ0) is 17.9. The molecule has 3 unspecified atom stereocenters. The summed E-state index contributed by atoms with van der Waals surface area (Å²) in [6.45, 7) is 7.89. The molecule has 2 saturated heterocycles. The standard InChI is InChI=1S/C23H34N2O/c1-2-5-23(26)25-16-20-10-11-21(22(20)17-25)19-8-6-18(7-9-19)12-15-24-13-3-4-14-24/h6-9,20-22H,2-5,10-17H2,1H3. The van der Waals surface area contributed by atoms with Crippen molar-refractivity contribution in [3.63, 3.8) is 0 Å². The van der Waals surface area contributed by atoms with Crippen molar-refractivity contribution in [2.75, 3.05) is 32.7 Å².